The van der Waals surface area contributed by atoms with Gasteiger partial charge in [-0.2, -0.15) is 0 Å². The van der Waals surface area contributed by atoms with Crippen LogP contribution in [0.2, 0.25) is 0 Å². The Labute approximate surface area is 193 Å². The van der Waals surface area contributed by atoms with E-state index in [1.54, 1.807) is 11.8 Å². The van der Waals surface area contributed by atoms with E-state index >= 15 is 0 Å². The number of thioether (sulfide) groups is 1. The molecular formula is C26H30N2O3S. The van der Waals surface area contributed by atoms with Gasteiger partial charge in [0.25, 0.3) is 0 Å². The van der Waals surface area contributed by atoms with E-state index in [1.165, 1.54) is 0 Å². The average Bonchev–Trinajstić information content (AvgIpc) is 2.84. The summed E-state index contributed by atoms with van der Waals surface area (Å²) in [7, 11) is 0. The topological polar surface area (TPSA) is 90.7 Å². The molecule has 5 nitrogen and oxygen atoms in total. The number of nitrogens with two attached hydrogens (primary N) is 2. The van der Waals surface area contributed by atoms with Crippen molar-refractivity contribution in [3.63, 3.8) is 0 Å². The summed E-state index contributed by atoms with van der Waals surface area (Å²) in [5.74, 6) is 0.897. The molecule has 5 N–H and O–H groups in total. The molecule has 1 fully saturated rings. The molecule has 0 radical (unpaired) electrons. The summed E-state index contributed by atoms with van der Waals surface area (Å²) in [5.41, 5.74) is 16.7. The summed E-state index contributed by atoms with van der Waals surface area (Å²) in [6.45, 7) is 2.69. The first kappa shape index (κ1) is 22.8. The van der Waals surface area contributed by atoms with E-state index in [-0.39, 0.29) is 24.7 Å². The van der Waals surface area contributed by atoms with E-state index in [2.05, 4.69) is 6.92 Å². The van der Waals surface area contributed by atoms with Crippen LogP contribution in [0.4, 0.5) is 5.69 Å². The van der Waals surface area contributed by atoms with E-state index < -0.39 is 6.29 Å². The number of hydrogen-bond donors (Lipinski definition) is 3. The quantitative estimate of drug-likeness (QED) is 0.354. The van der Waals surface area contributed by atoms with Gasteiger partial charge in [-0.1, -0.05) is 67.6 Å². The molecule has 0 spiro atoms. The van der Waals surface area contributed by atoms with Crippen molar-refractivity contribution in [1.29, 1.82) is 0 Å². The van der Waals surface area contributed by atoms with Gasteiger partial charge in [-0.3, -0.25) is 0 Å². The number of para-hydroxylation sites is 1. The van der Waals surface area contributed by atoms with E-state index in [0.29, 0.717) is 6.54 Å². The summed E-state index contributed by atoms with van der Waals surface area (Å²) in [6, 6.07) is 23.9. The van der Waals surface area contributed by atoms with Crippen LogP contribution >= 0.6 is 11.8 Å². The van der Waals surface area contributed by atoms with Crippen LogP contribution in [0, 0.1) is 5.92 Å². The molecule has 4 unspecified atom stereocenters. The third-order valence-corrected chi connectivity index (χ3v) is 7.11. The normalized spacial score (nSPS) is 23.2. The Hall–Kier alpha value is -2.35. The van der Waals surface area contributed by atoms with Crippen LogP contribution in [-0.2, 0) is 22.6 Å². The van der Waals surface area contributed by atoms with Gasteiger partial charge in [-0.15, -0.1) is 11.8 Å². The van der Waals surface area contributed by atoms with Crippen LogP contribution in [0.1, 0.15) is 41.6 Å². The van der Waals surface area contributed by atoms with Gasteiger partial charge in [0.1, 0.15) is 0 Å². The molecule has 3 aromatic rings. The number of rotatable bonds is 7. The van der Waals surface area contributed by atoms with Crippen molar-refractivity contribution in [2.24, 2.45) is 11.7 Å². The maximum absolute atomic E-state index is 9.39. The Morgan fingerprint density at radius 2 is 1.53 bits per heavy atom. The maximum Gasteiger partial charge on any atom is 0.184 e. The molecule has 4 rings (SSSR count). The van der Waals surface area contributed by atoms with Crippen molar-refractivity contribution in [1.82, 2.24) is 0 Å². The van der Waals surface area contributed by atoms with Gasteiger partial charge in [-0.25, -0.2) is 0 Å². The monoisotopic (exact) mass is 450 g/mol. The number of benzene rings is 3. The zero-order valence-electron chi connectivity index (χ0n) is 18.2. The fourth-order valence-electron chi connectivity index (χ4n) is 3.90. The SMILES string of the molecule is CC1C(CSc2ccccc2N)OC(c2ccc(CN)cc2)OC1c1ccc(CO)cc1. The Kier molecular flexibility index (Phi) is 7.50. The molecule has 1 saturated heterocycles. The van der Waals surface area contributed by atoms with E-state index in [4.69, 9.17) is 20.9 Å². The standard InChI is InChI=1S/C26H30N2O3S/c1-17-23(16-32-24-5-3-2-4-22(24)28)30-26(21-12-6-18(14-27)7-13-21)31-25(17)20-10-8-19(15-29)9-11-20/h2-13,17,23,25-26,29H,14-16,27-28H2,1H3. The second kappa shape index (κ2) is 10.5. The van der Waals surface area contributed by atoms with Gasteiger partial charge in [0.15, 0.2) is 6.29 Å². The molecule has 3 aromatic carbocycles. The summed E-state index contributed by atoms with van der Waals surface area (Å²) in [5, 5.41) is 9.39. The fraction of sp³-hybridized carbons (Fsp3) is 0.308. The largest absolute Gasteiger partial charge is 0.398 e. The number of anilines is 1. The van der Waals surface area contributed by atoms with Crippen molar-refractivity contribution in [2.45, 2.75) is 43.5 Å². The average molecular weight is 451 g/mol. The van der Waals surface area contributed by atoms with Crippen molar-refractivity contribution < 1.29 is 14.6 Å². The Balaban J connectivity index is 1.59. The van der Waals surface area contributed by atoms with Crippen molar-refractivity contribution in [3.8, 4) is 0 Å². The number of nitrogen functional groups attached to an aromatic ring is 1. The van der Waals surface area contributed by atoms with Crippen molar-refractivity contribution in [3.05, 3.63) is 95.1 Å². The second-order valence-corrected chi connectivity index (χ2v) is 9.18. The Bertz CT molecular complexity index is 1010. The second-order valence-electron chi connectivity index (χ2n) is 8.12. The molecule has 0 saturated carbocycles. The highest BCUT2D eigenvalue weighted by atomic mass is 32.2. The van der Waals surface area contributed by atoms with E-state index in [0.717, 1.165) is 38.6 Å². The van der Waals surface area contributed by atoms with Crippen LogP contribution < -0.4 is 11.5 Å². The molecule has 6 heteroatoms. The van der Waals surface area contributed by atoms with Crippen LogP contribution in [0.25, 0.3) is 0 Å². The van der Waals surface area contributed by atoms with Gasteiger partial charge in [0.2, 0.25) is 0 Å². The summed E-state index contributed by atoms with van der Waals surface area (Å²) in [4.78, 5) is 1.06. The Morgan fingerprint density at radius 1 is 0.875 bits per heavy atom. The molecule has 4 atom stereocenters. The molecule has 0 aliphatic carbocycles. The van der Waals surface area contributed by atoms with Gasteiger partial charge < -0.3 is 26.0 Å². The van der Waals surface area contributed by atoms with Crippen LogP contribution in [0.3, 0.4) is 0 Å². The highest BCUT2D eigenvalue weighted by molar-refractivity contribution is 7.99. The smallest absolute Gasteiger partial charge is 0.184 e. The van der Waals surface area contributed by atoms with Crippen molar-refractivity contribution >= 4 is 17.4 Å². The van der Waals surface area contributed by atoms with Crippen LogP contribution in [0.5, 0.6) is 0 Å². The molecule has 32 heavy (non-hydrogen) atoms. The van der Waals surface area contributed by atoms with Gasteiger partial charge >= 0.3 is 0 Å². The molecule has 168 valence electrons. The molecule has 1 aliphatic heterocycles. The van der Waals surface area contributed by atoms with Gasteiger partial charge in [-0.05, 0) is 28.8 Å². The highest BCUT2D eigenvalue weighted by Gasteiger charge is 2.38. The number of aliphatic hydroxyl groups is 1. The predicted octanol–water partition coefficient (Wildman–Crippen LogP) is 4.80. The summed E-state index contributed by atoms with van der Waals surface area (Å²) < 4.78 is 12.9. The number of hydrogen-bond acceptors (Lipinski definition) is 6. The Morgan fingerprint density at radius 3 is 2.19 bits per heavy atom. The fourth-order valence-corrected chi connectivity index (χ4v) is 5.04. The molecule has 0 bridgehead atoms. The number of aliphatic hydroxyl groups excluding tert-OH is 1. The number of ether oxygens (including phenoxy) is 2. The zero-order chi connectivity index (χ0) is 22.5. The minimum atomic E-state index is -0.473. The lowest BCUT2D eigenvalue weighted by molar-refractivity contribution is -0.268. The maximum atomic E-state index is 9.39. The third kappa shape index (κ3) is 5.17. The van der Waals surface area contributed by atoms with Gasteiger partial charge in [0, 0.05) is 34.4 Å². The molecule has 0 aromatic heterocycles. The molecule has 1 aliphatic rings. The zero-order valence-corrected chi connectivity index (χ0v) is 19.0. The first-order valence-corrected chi connectivity index (χ1v) is 11.8. The lowest BCUT2D eigenvalue weighted by Crippen LogP contribution is -2.38. The van der Waals surface area contributed by atoms with Crippen LogP contribution in [0.15, 0.2) is 77.7 Å². The van der Waals surface area contributed by atoms with E-state index in [9.17, 15) is 5.11 Å². The highest BCUT2D eigenvalue weighted by Crippen LogP contribution is 2.43. The lowest BCUT2D eigenvalue weighted by atomic mass is 9.91. The molecule has 0 amide bonds. The predicted molar refractivity (Wildman–Crippen MR) is 129 cm³/mol. The van der Waals surface area contributed by atoms with Crippen molar-refractivity contribution in [2.75, 3.05) is 11.5 Å². The molecule has 1 heterocycles. The minimum absolute atomic E-state index is 0.0261. The first-order chi connectivity index (χ1) is 15.6. The lowest BCUT2D eigenvalue weighted by Gasteiger charge is -2.41. The van der Waals surface area contributed by atoms with Crippen LogP contribution in [-0.4, -0.2) is 17.0 Å². The molecular weight excluding hydrogens is 420 g/mol. The van der Waals surface area contributed by atoms with Gasteiger partial charge in [0.05, 0.1) is 18.8 Å². The summed E-state index contributed by atoms with van der Waals surface area (Å²) in [6.07, 6.45) is -0.635. The van der Waals surface area contributed by atoms with E-state index in [1.807, 2.05) is 72.8 Å². The minimum Gasteiger partial charge on any atom is -0.398 e. The third-order valence-electron chi connectivity index (χ3n) is 5.93. The summed E-state index contributed by atoms with van der Waals surface area (Å²) >= 11 is 1.71. The first-order valence-electron chi connectivity index (χ1n) is 10.9.